The number of amides is 1. The van der Waals surface area contributed by atoms with E-state index in [1.807, 2.05) is 0 Å². The first kappa shape index (κ1) is 24.4. The molecule has 9 nitrogen and oxygen atoms in total. The van der Waals surface area contributed by atoms with Crippen molar-refractivity contribution in [2.24, 2.45) is 12.0 Å². The van der Waals surface area contributed by atoms with Crippen LogP contribution in [0.1, 0.15) is 23.7 Å². The van der Waals surface area contributed by atoms with Gasteiger partial charge in [-0.25, -0.2) is 9.78 Å². The number of hydrogen-bond donors (Lipinski definition) is 0. The number of carbonyl (C=O) groups excluding carboxylic acids is 2. The van der Waals surface area contributed by atoms with Crippen molar-refractivity contribution in [3.8, 4) is 5.75 Å². The number of ether oxygens (including phenoxy) is 2. The molecular formula is C24H20Cl2N4O5. The van der Waals surface area contributed by atoms with Gasteiger partial charge in [0.25, 0.3) is 11.5 Å². The second-order valence-corrected chi connectivity index (χ2v) is 8.27. The van der Waals surface area contributed by atoms with Crippen molar-refractivity contribution in [3.63, 3.8) is 0 Å². The first-order valence-electron chi connectivity index (χ1n) is 10.6. The smallest absolute Gasteiger partial charge is 0.341 e. The average Bonchev–Trinajstić information content (AvgIpc) is 2.83. The quantitative estimate of drug-likeness (QED) is 0.287. The zero-order chi connectivity index (χ0) is 25.1. The van der Waals surface area contributed by atoms with Gasteiger partial charge in [-0.2, -0.15) is 4.99 Å². The minimum Gasteiger partial charge on any atom is -0.491 e. The number of esters is 1. The van der Waals surface area contributed by atoms with Gasteiger partial charge in [-0.15, -0.1) is 0 Å². The van der Waals surface area contributed by atoms with Crippen LogP contribution >= 0.6 is 23.2 Å². The fraction of sp³-hybridized carbons (Fsp3) is 0.208. The summed E-state index contributed by atoms with van der Waals surface area (Å²) in [5.74, 6) is -0.879. The maximum atomic E-state index is 13.1. The lowest BCUT2D eigenvalue weighted by Crippen LogP contribution is -2.31. The first-order chi connectivity index (χ1) is 16.8. The van der Waals surface area contributed by atoms with Crippen molar-refractivity contribution in [1.29, 1.82) is 0 Å². The molecule has 0 saturated carbocycles. The SMILES string of the molecule is CCOC(=O)c1cc2c(=O)n3ccccc3nc2n(C)c1=NC(=O)CCOc1ccc(Cl)cc1Cl. The molecule has 0 radical (unpaired) electrons. The highest BCUT2D eigenvalue weighted by molar-refractivity contribution is 6.35. The van der Waals surface area contributed by atoms with Crippen LogP contribution in [-0.4, -0.2) is 39.0 Å². The number of rotatable bonds is 6. The molecule has 3 heterocycles. The van der Waals surface area contributed by atoms with Gasteiger partial charge in [0, 0.05) is 18.3 Å². The van der Waals surface area contributed by atoms with Crippen LogP contribution in [0.3, 0.4) is 0 Å². The van der Waals surface area contributed by atoms with E-state index in [9.17, 15) is 14.4 Å². The van der Waals surface area contributed by atoms with Gasteiger partial charge in [-0.05, 0) is 43.3 Å². The number of aryl methyl sites for hydroxylation is 1. The molecule has 0 aliphatic carbocycles. The fourth-order valence-electron chi connectivity index (χ4n) is 3.47. The molecule has 11 heteroatoms. The molecule has 0 N–H and O–H groups in total. The number of hydrogen-bond acceptors (Lipinski definition) is 6. The number of aromatic nitrogens is 3. The van der Waals surface area contributed by atoms with E-state index in [0.717, 1.165) is 0 Å². The molecule has 0 fully saturated rings. The lowest BCUT2D eigenvalue weighted by Gasteiger charge is -2.11. The summed E-state index contributed by atoms with van der Waals surface area (Å²) < 4.78 is 13.5. The Bertz CT molecular complexity index is 1590. The summed E-state index contributed by atoms with van der Waals surface area (Å²) in [5, 5.41) is 0.966. The topological polar surface area (TPSA) is 104 Å². The number of halogens is 2. The van der Waals surface area contributed by atoms with Crippen LogP contribution in [0, 0.1) is 0 Å². The van der Waals surface area contributed by atoms with Gasteiger partial charge < -0.3 is 14.0 Å². The molecule has 0 spiro atoms. The van der Waals surface area contributed by atoms with E-state index in [1.54, 1.807) is 50.5 Å². The van der Waals surface area contributed by atoms with Crippen molar-refractivity contribution >= 4 is 51.8 Å². The third-order valence-electron chi connectivity index (χ3n) is 5.11. The largest absolute Gasteiger partial charge is 0.491 e. The van der Waals surface area contributed by atoms with E-state index in [0.29, 0.717) is 21.4 Å². The first-order valence-corrected chi connectivity index (χ1v) is 11.4. The Labute approximate surface area is 209 Å². The molecule has 4 aromatic rings. The normalized spacial score (nSPS) is 11.7. The van der Waals surface area contributed by atoms with E-state index in [2.05, 4.69) is 9.98 Å². The molecule has 0 saturated heterocycles. The standard InChI is InChI=1S/C24H20Cl2N4O5/c1-3-34-24(33)16-13-15-21(27-19-6-4-5-10-30(19)23(15)32)29(2)22(16)28-20(31)9-11-35-18-8-7-14(25)12-17(18)26/h4-8,10,12-13H,3,9,11H2,1-2H3. The van der Waals surface area contributed by atoms with Crippen molar-refractivity contribution in [3.05, 3.63) is 80.1 Å². The molecule has 4 rings (SSSR count). The number of fused-ring (bicyclic) bond motifs is 2. The van der Waals surface area contributed by atoms with Crippen LogP contribution in [-0.2, 0) is 16.6 Å². The Morgan fingerprint density at radius 2 is 1.94 bits per heavy atom. The van der Waals surface area contributed by atoms with Crippen LogP contribution in [0.5, 0.6) is 5.75 Å². The monoisotopic (exact) mass is 514 g/mol. The Hall–Kier alpha value is -3.69. The number of nitrogens with zero attached hydrogens (tertiary/aromatic N) is 4. The molecule has 0 aliphatic heterocycles. The lowest BCUT2D eigenvalue weighted by molar-refractivity contribution is -0.118. The molecule has 180 valence electrons. The Kier molecular flexibility index (Phi) is 7.18. The molecule has 3 aromatic heterocycles. The van der Waals surface area contributed by atoms with Crippen molar-refractivity contribution in [2.75, 3.05) is 13.2 Å². The predicted molar refractivity (Wildman–Crippen MR) is 131 cm³/mol. The third kappa shape index (κ3) is 5.06. The number of benzene rings is 1. The van der Waals surface area contributed by atoms with E-state index in [-0.39, 0.29) is 47.3 Å². The van der Waals surface area contributed by atoms with Gasteiger partial charge in [-0.3, -0.25) is 14.0 Å². The molecular weight excluding hydrogens is 495 g/mol. The maximum Gasteiger partial charge on any atom is 0.341 e. The van der Waals surface area contributed by atoms with Gasteiger partial charge in [0.05, 0.1) is 30.0 Å². The van der Waals surface area contributed by atoms with Crippen LogP contribution in [0.25, 0.3) is 16.7 Å². The van der Waals surface area contributed by atoms with Crippen LogP contribution in [0.2, 0.25) is 10.0 Å². The van der Waals surface area contributed by atoms with Crippen molar-refractivity contribution in [1.82, 2.24) is 14.0 Å². The molecule has 35 heavy (non-hydrogen) atoms. The summed E-state index contributed by atoms with van der Waals surface area (Å²) in [6, 6.07) is 11.3. The highest BCUT2D eigenvalue weighted by Crippen LogP contribution is 2.27. The molecule has 0 unspecified atom stereocenters. The average molecular weight is 515 g/mol. The van der Waals surface area contributed by atoms with E-state index in [4.69, 9.17) is 32.7 Å². The fourth-order valence-corrected chi connectivity index (χ4v) is 3.93. The van der Waals surface area contributed by atoms with Gasteiger partial charge >= 0.3 is 5.97 Å². The summed E-state index contributed by atoms with van der Waals surface area (Å²) in [6.07, 6.45) is 1.50. The molecule has 0 aliphatic rings. The van der Waals surface area contributed by atoms with E-state index in [1.165, 1.54) is 21.1 Å². The van der Waals surface area contributed by atoms with Gasteiger partial charge in [0.15, 0.2) is 5.49 Å². The zero-order valence-corrected chi connectivity index (χ0v) is 20.3. The summed E-state index contributed by atoms with van der Waals surface area (Å²) in [7, 11) is 1.58. The third-order valence-corrected chi connectivity index (χ3v) is 5.64. The second-order valence-electron chi connectivity index (χ2n) is 7.42. The summed E-state index contributed by atoms with van der Waals surface area (Å²) >= 11 is 12.0. The highest BCUT2D eigenvalue weighted by Gasteiger charge is 2.18. The van der Waals surface area contributed by atoms with E-state index < -0.39 is 11.9 Å². The van der Waals surface area contributed by atoms with Crippen LogP contribution < -0.4 is 15.8 Å². The molecule has 1 aromatic carbocycles. The molecule has 1 amide bonds. The lowest BCUT2D eigenvalue weighted by atomic mass is 10.2. The number of carbonyl (C=O) groups is 2. The Morgan fingerprint density at radius 3 is 2.69 bits per heavy atom. The minimum absolute atomic E-state index is 0.0000429. The maximum absolute atomic E-state index is 13.1. The Balaban J connectivity index is 1.75. The molecule has 0 bridgehead atoms. The van der Waals surface area contributed by atoms with Gasteiger partial charge in [0.2, 0.25) is 0 Å². The van der Waals surface area contributed by atoms with Gasteiger partial charge in [-0.1, -0.05) is 29.3 Å². The minimum atomic E-state index is -0.710. The van der Waals surface area contributed by atoms with Crippen molar-refractivity contribution in [2.45, 2.75) is 13.3 Å². The highest BCUT2D eigenvalue weighted by atomic mass is 35.5. The number of pyridine rings is 2. The summed E-state index contributed by atoms with van der Waals surface area (Å²) in [6.45, 7) is 1.77. The van der Waals surface area contributed by atoms with Gasteiger partial charge in [0.1, 0.15) is 22.6 Å². The summed E-state index contributed by atoms with van der Waals surface area (Å²) in [5.41, 5.74) is 0.321. The van der Waals surface area contributed by atoms with E-state index >= 15 is 0 Å². The second kappa shape index (κ2) is 10.3. The summed E-state index contributed by atoms with van der Waals surface area (Å²) in [4.78, 5) is 47.1. The Morgan fingerprint density at radius 1 is 1.14 bits per heavy atom. The van der Waals surface area contributed by atoms with Crippen molar-refractivity contribution < 1.29 is 19.1 Å². The zero-order valence-electron chi connectivity index (χ0n) is 18.8. The van der Waals surface area contributed by atoms with Crippen LogP contribution in [0.15, 0.2) is 58.4 Å². The van der Waals surface area contributed by atoms with Crippen LogP contribution in [0.4, 0.5) is 0 Å². The predicted octanol–water partition coefficient (Wildman–Crippen LogP) is 3.57. The molecule has 0 atom stereocenters.